The fourth-order valence-electron chi connectivity index (χ4n) is 1.29. The van der Waals surface area contributed by atoms with Gasteiger partial charge in [-0.1, -0.05) is 0 Å². The molecule has 0 aliphatic rings. The number of imidazole rings is 1. The molecule has 0 aliphatic heterocycles. The van der Waals surface area contributed by atoms with Gasteiger partial charge in [0, 0.05) is 6.42 Å². The first-order valence-corrected chi connectivity index (χ1v) is 5.82. The second kappa shape index (κ2) is 5.25. The van der Waals surface area contributed by atoms with Crippen LogP contribution in [0.1, 0.15) is 19.2 Å². The number of aryl methyl sites for hydroxylation is 2. The third-order valence-electron chi connectivity index (χ3n) is 1.95. The fourth-order valence-corrected chi connectivity index (χ4v) is 1.73. The number of nitrogens with one attached hydrogen (secondary N) is 1. The minimum atomic E-state index is 1.07. The van der Waals surface area contributed by atoms with Crippen molar-refractivity contribution in [1.29, 1.82) is 0 Å². The van der Waals surface area contributed by atoms with Crippen LogP contribution in [-0.4, -0.2) is 17.0 Å². The zero-order valence-electron chi connectivity index (χ0n) is 7.84. The first kappa shape index (κ1) is 9.65. The summed E-state index contributed by atoms with van der Waals surface area (Å²) in [4.78, 5) is 3.27. The van der Waals surface area contributed by atoms with Crippen molar-refractivity contribution in [2.24, 2.45) is 0 Å². The van der Waals surface area contributed by atoms with E-state index < -0.39 is 0 Å². The van der Waals surface area contributed by atoms with E-state index in [1.54, 1.807) is 0 Å². The molecule has 0 saturated heterocycles. The summed E-state index contributed by atoms with van der Waals surface area (Å²) >= 11 is 1.91. The van der Waals surface area contributed by atoms with Crippen LogP contribution in [0.5, 0.6) is 0 Å². The highest BCUT2D eigenvalue weighted by molar-refractivity contribution is 7.98. The quantitative estimate of drug-likeness (QED) is 0.546. The molecule has 3 heteroatoms. The maximum Gasteiger partial charge on any atom is 0.254 e. The summed E-state index contributed by atoms with van der Waals surface area (Å²) in [5.41, 5.74) is 0. The van der Waals surface area contributed by atoms with E-state index in [2.05, 4.69) is 28.9 Å². The van der Waals surface area contributed by atoms with Crippen LogP contribution in [0.25, 0.3) is 0 Å². The summed E-state index contributed by atoms with van der Waals surface area (Å²) in [5, 5.41) is 0. The fraction of sp³-hybridized carbons (Fsp3) is 0.667. The van der Waals surface area contributed by atoms with Gasteiger partial charge in [0.1, 0.15) is 12.4 Å². The average Bonchev–Trinajstić information content (AvgIpc) is 2.52. The van der Waals surface area contributed by atoms with E-state index in [-0.39, 0.29) is 0 Å². The van der Waals surface area contributed by atoms with Gasteiger partial charge >= 0.3 is 0 Å². The topological polar surface area (TPSA) is 19.7 Å². The molecule has 0 aromatic carbocycles. The van der Waals surface area contributed by atoms with Crippen LogP contribution < -0.4 is 4.57 Å². The summed E-state index contributed by atoms with van der Waals surface area (Å²) in [6, 6.07) is 0. The molecule has 0 bridgehead atoms. The van der Waals surface area contributed by atoms with E-state index in [1.165, 1.54) is 24.4 Å². The molecule has 0 fully saturated rings. The van der Waals surface area contributed by atoms with Gasteiger partial charge in [0.2, 0.25) is 0 Å². The molecule has 2 nitrogen and oxygen atoms in total. The van der Waals surface area contributed by atoms with Crippen molar-refractivity contribution in [2.75, 3.05) is 12.0 Å². The van der Waals surface area contributed by atoms with Crippen LogP contribution >= 0.6 is 11.8 Å². The van der Waals surface area contributed by atoms with Crippen LogP contribution in [0.2, 0.25) is 0 Å². The van der Waals surface area contributed by atoms with Gasteiger partial charge < -0.3 is 0 Å². The van der Waals surface area contributed by atoms with E-state index in [9.17, 15) is 0 Å². The molecule has 1 rings (SSSR count). The van der Waals surface area contributed by atoms with Gasteiger partial charge in [0.25, 0.3) is 5.82 Å². The Labute approximate surface area is 78.4 Å². The van der Waals surface area contributed by atoms with E-state index in [0.29, 0.717) is 0 Å². The lowest BCUT2D eigenvalue weighted by Gasteiger charge is -1.96. The normalized spacial score (nSPS) is 10.5. The molecule has 12 heavy (non-hydrogen) atoms. The third kappa shape index (κ3) is 2.55. The van der Waals surface area contributed by atoms with Crippen molar-refractivity contribution < 1.29 is 4.57 Å². The van der Waals surface area contributed by atoms with Gasteiger partial charge in [-0.25, -0.2) is 9.55 Å². The second-order valence-electron chi connectivity index (χ2n) is 2.79. The van der Waals surface area contributed by atoms with Crippen LogP contribution in [0.3, 0.4) is 0 Å². The molecule has 68 valence electrons. The first-order valence-electron chi connectivity index (χ1n) is 4.43. The number of hydrogen-bond donors (Lipinski definition) is 1. The van der Waals surface area contributed by atoms with Gasteiger partial charge in [-0.05, 0) is 25.4 Å². The van der Waals surface area contributed by atoms with Crippen molar-refractivity contribution in [3.05, 3.63) is 18.2 Å². The highest BCUT2D eigenvalue weighted by Crippen LogP contribution is 1.99. The Morgan fingerprint density at radius 1 is 1.58 bits per heavy atom. The Kier molecular flexibility index (Phi) is 4.22. The number of thioether (sulfide) groups is 1. The lowest BCUT2D eigenvalue weighted by Crippen LogP contribution is -2.34. The first-order chi connectivity index (χ1) is 5.88. The summed E-state index contributed by atoms with van der Waals surface area (Å²) in [7, 11) is 0. The number of H-pyrrole nitrogens is 1. The Bertz CT molecular complexity index is 220. The molecule has 1 N–H and O–H groups in total. The van der Waals surface area contributed by atoms with Crippen molar-refractivity contribution >= 4 is 11.8 Å². The van der Waals surface area contributed by atoms with Crippen molar-refractivity contribution in [3.8, 4) is 0 Å². The molecular formula is C9H17N2S+. The molecule has 1 heterocycles. The maximum absolute atomic E-state index is 3.27. The predicted molar refractivity (Wildman–Crippen MR) is 53.4 cm³/mol. The standard InChI is InChI=1S/C9H16N2S/c1-3-11-7-6-10-9(11)5-4-8-12-2/h6-7H,3-5,8H2,1-2H3/p+1. The molecule has 0 amide bonds. The summed E-state index contributed by atoms with van der Waals surface area (Å²) < 4.78 is 2.26. The summed E-state index contributed by atoms with van der Waals surface area (Å²) in [6.07, 6.45) is 8.71. The molecule has 0 spiro atoms. The number of aromatic nitrogens is 2. The van der Waals surface area contributed by atoms with Crippen molar-refractivity contribution in [2.45, 2.75) is 26.3 Å². The van der Waals surface area contributed by atoms with Gasteiger partial charge in [-0.3, -0.25) is 0 Å². The zero-order valence-corrected chi connectivity index (χ0v) is 8.66. The van der Waals surface area contributed by atoms with Gasteiger partial charge in [-0.15, -0.1) is 0 Å². The molecule has 0 atom stereocenters. The van der Waals surface area contributed by atoms with E-state index >= 15 is 0 Å². The Morgan fingerprint density at radius 3 is 3.08 bits per heavy atom. The highest BCUT2D eigenvalue weighted by atomic mass is 32.2. The molecule has 0 saturated carbocycles. The van der Waals surface area contributed by atoms with Crippen LogP contribution in [-0.2, 0) is 13.0 Å². The number of nitrogens with zero attached hydrogens (tertiary/aromatic N) is 1. The molecule has 0 aliphatic carbocycles. The molecule has 0 unspecified atom stereocenters. The third-order valence-corrected chi connectivity index (χ3v) is 2.65. The Balaban J connectivity index is 2.39. The molecular weight excluding hydrogens is 168 g/mol. The van der Waals surface area contributed by atoms with Gasteiger partial charge in [0.05, 0.1) is 6.54 Å². The van der Waals surface area contributed by atoms with Crippen LogP contribution in [0.15, 0.2) is 12.4 Å². The Hall–Kier alpha value is -0.440. The minimum absolute atomic E-state index is 1.07. The lowest BCUT2D eigenvalue weighted by molar-refractivity contribution is -0.699. The van der Waals surface area contributed by atoms with E-state index in [1.807, 2.05) is 18.0 Å². The average molecular weight is 185 g/mol. The lowest BCUT2D eigenvalue weighted by atomic mass is 10.3. The highest BCUT2D eigenvalue weighted by Gasteiger charge is 2.06. The molecule has 1 aromatic heterocycles. The van der Waals surface area contributed by atoms with Crippen LogP contribution in [0, 0.1) is 0 Å². The Morgan fingerprint density at radius 2 is 2.42 bits per heavy atom. The van der Waals surface area contributed by atoms with Gasteiger partial charge in [0.15, 0.2) is 0 Å². The van der Waals surface area contributed by atoms with E-state index in [0.717, 1.165) is 6.54 Å². The van der Waals surface area contributed by atoms with Crippen molar-refractivity contribution in [1.82, 2.24) is 4.98 Å². The minimum Gasteiger partial charge on any atom is -0.248 e. The largest absolute Gasteiger partial charge is 0.254 e. The monoisotopic (exact) mass is 185 g/mol. The predicted octanol–water partition coefficient (Wildman–Crippen LogP) is 1.62. The van der Waals surface area contributed by atoms with Gasteiger partial charge in [-0.2, -0.15) is 11.8 Å². The maximum atomic E-state index is 3.27. The second-order valence-corrected chi connectivity index (χ2v) is 3.77. The molecule has 0 radical (unpaired) electrons. The number of rotatable bonds is 5. The molecule has 1 aromatic rings. The smallest absolute Gasteiger partial charge is 0.248 e. The number of aromatic amines is 1. The van der Waals surface area contributed by atoms with E-state index in [4.69, 9.17) is 0 Å². The number of hydrogen-bond acceptors (Lipinski definition) is 1. The van der Waals surface area contributed by atoms with Crippen molar-refractivity contribution in [3.63, 3.8) is 0 Å². The zero-order chi connectivity index (χ0) is 8.81. The SMILES string of the molecule is CC[n+]1cc[nH]c1CCCSC. The summed E-state index contributed by atoms with van der Waals surface area (Å²) in [5.74, 6) is 2.61. The van der Waals surface area contributed by atoms with Crippen LogP contribution in [0.4, 0.5) is 0 Å². The summed E-state index contributed by atoms with van der Waals surface area (Å²) in [6.45, 7) is 3.24.